The average molecular weight is 418 g/mol. The molecule has 0 atom stereocenters. The van der Waals surface area contributed by atoms with E-state index in [2.05, 4.69) is 20.4 Å². The van der Waals surface area contributed by atoms with E-state index in [0.29, 0.717) is 35.0 Å². The fourth-order valence-corrected chi connectivity index (χ4v) is 2.86. The number of methoxy groups -OCH3 is 2. The standard InChI is InChI=1S/C20H20F2N4O4/c1-4-16-18(19(27)23-15-11-14(28-2)9-10-17(15)29-3)24-25-26(16)12-5-7-13(8-6-12)30-20(21)22/h5-11,20H,4H2,1-3H3,(H,23,27). The van der Waals surface area contributed by atoms with Gasteiger partial charge in [-0.3, -0.25) is 4.79 Å². The monoisotopic (exact) mass is 418 g/mol. The van der Waals surface area contributed by atoms with E-state index in [0.717, 1.165) is 0 Å². The summed E-state index contributed by atoms with van der Waals surface area (Å²) in [5.41, 5.74) is 1.66. The van der Waals surface area contributed by atoms with Crippen molar-refractivity contribution in [1.82, 2.24) is 15.0 Å². The number of benzene rings is 2. The van der Waals surface area contributed by atoms with Crippen molar-refractivity contribution in [3.05, 3.63) is 53.9 Å². The van der Waals surface area contributed by atoms with Crippen LogP contribution in [0.1, 0.15) is 23.1 Å². The van der Waals surface area contributed by atoms with Crippen LogP contribution in [0.2, 0.25) is 0 Å². The first kappa shape index (κ1) is 21.0. The minimum atomic E-state index is -2.91. The first-order chi connectivity index (χ1) is 14.5. The van der Waals surface area contributed by atoms with E-state index in [1.54, 1.807) is 30.3 Å². The summed E-state index contributed by atoms with van der Waals surface area (Å²) in [5.74, 6) is 0.568. The molecule has 1 amide bonds. The molecule has 0 fully saturated rings. The van der Waals surface area contributed by atoms with Crippen LogP contribution in [0.15, 0.2) is 42.5 Å². The van der Waals surface area contributed by atoms with Gasteiger partial charge in [-0.25, -0.2) is 4.68 Å². The lowest BCUT2D eigenvalue weighted by atomic mass is 10.2. The van der Waals surface area contributed by atoms with Gasteiger partial charge in [0.05, 0.1) is 31.3 Å². The van der Waals surface area contributed by atoms with Crippen LogP contribution in [0.4, 0.5) is 14.5 Å². The van der Waals surface area contributed by atoms with Crippen molar-refractivity contribution in [3.8, 4) is 22.9 Å². The van der Waals surface area contributed by atoms with Gasteiger partial charge in [0.1, 0.15) is 17.2 Å². The van der Waals surface area contributed by atoms with Gasteiger partial charge in [0.2, 0.25) is 0 Å². The van der Waals surface area contributed by atoms with Crippen LogP contribution in [0.3, 0.4) is 0 Å². The third kappa shape index (κ3) is 4.48. The molecule has 1 N–H and O–H groups in total. The van der Waals surface area contributed by atoms with Crippen molar-refractivity contribution in [2.45, 2.75) is 20.0 Å². The molecule has 0 unspecified atom stereocenters. The van der Waals surface area contributed by atoms with Crippen LogP contribution < -0.4 is 19.5 Å². The summed E-state index contributed by atoms with van der Waals surface area (Å²) in [5, 5.41) is 10.8. The summed E-state index contributed by atoms with van der Waals surface area (Å²) < 4.78 is 40.9. The second kappa shape index (κ2) is 9.21. The number of alkyl halides is 2. The zero-order chi connectivity index (χ0) is 21.7. The molecule has 0 saturated carbocycles. The number of halogens is 2. The van der Waals surface area contributed by atoms with Crippen molar-refractivity contribution in [3.63, 3.8) is 0 Å². The van der Waals surface area contributed by atoms with Gasteiger partial charge in [-0.1, -0.05) is 12.1 Å². The van der Waals surface area contributed by atoms with Crippen molar-refractivity contribution >= 4 is 11.6 Å². The summed E-state index contributed by atoms with van der Waals surface area (Å²) >= 11 is 0. The van der Waals surface area contributed by atoms with Crippen molar-refractivity contribution < 1.29 is 27.8 Å². The van der Waals surface area contributed by atoms with E-state index in [-0.39, 0.29) is 11.4 Å². The highest BCUT2D eigenvalue weighted by Gasteiger charge is 2.21. The molecule has 0 saturated heterocycles. The van der Waals surface area contributed by atoms with Crippen LogP contribution in [-0.2, 0) is 6.42 Å². The highest BCUT2D eigenvalue weighted by atomic mass is 19.3. The van der Waals surface area contributed by atoms with E-state index in [1.807, 2.05) is 6.92 Å². The quantitative estimate of drug-likeness (QED) is 0.600. The molecule has 10 heteroatoms. The third-order valence-electron chi connectivity index (χ3n) is 4.27. The zero-order valence-corrected chi connectivity index (χ0v) is 16.6. The van der Waals surface area contributed by atoms with Crippen LogP contribution >= 0.6 is 0 Å². The van der Waals surface area contributed by atoms with Crippen LogP contribution in [-0.4, -0.2) is 41.7 Å². The Labute approximate surface area is 171 Å². The maximum Gasteiger partial charge on any atom is 0.387 e. The third-order valence-corrected chi connectivity index (χ3v) is 4.27. The van der Waals surface area contributed by atoms with Gasteiger partial charge in [-0.2, -0.15) is 8.78 Å². The number of nitrogens with one attached hydrogen (secondary N) is 1. The number of rotatable bonds is 8. The van der Waals surface area contributed by atoms with Gasteiger partial charge in [0.25, 0.3) is 5.91 Å². The van der Waals surface area contributed by atoms with Crippen LogP contribution in [0.25, 0.3) is 5.69 Å². The molecule has 1 heterocycles. The SMILES string of the molecule is CCc1c(C(=O)Nc2cc(OC)ccc2OC)nnn1-c1ccc(OC(F)F)cc1. The van der Waals surface area contributed by atoms with E-state index >= 15 is 0 Å². The number of amides is 1. The first-order valence-electron chi connectivity index (χ1n) is 9.00. The Balaban J connectivity index is 1.88. The minimum absolute atomic E-state index is 0.0231. The fraction of sp³-hybridized carbons (Fsp3) is 0.250. The maximum atomic E-state index is 12.9. The largest absolute Gasteiger partial charge is 0.497 e. The number of carbonyl (C=O) groups excluding carboxylic acids is 1. The number of hydrogen-bond acceptors (Lipinski definition) is 6. The Hall–Kier alpha value is -3.69. The molecule has 0 bridgehead atoms. The molecule has 3 rings (SSSR count). The molecule has 8 nitrogen and oxygen atoms in total. The molecular weight excluding hydrogens is 398 g/mol. The molecule has 30 heavy (non-hydrogen) atoms. The molecule has 1 aromatic heterocycles. The summed E-state index contributed by atoms with van der Waals surface area (Å²) in [6, 6.07) is 10.9. The second-order valence-corrected chi connectivity index (χ2v) is 6.04. The van der Waals surface area contributed by atoms with E-state index in [4.69, 9.17) is 9.47 Å². The Morgan fingerprint density at radius 2 is 1.80 bits per heavy atom. The molecule has 0 aliphatic carbocycles. The number of ether oxygens (including phenoxy) is 3. The Bertz CT molecular complexity index is 1020. The van der Waals surface area contributed by atoms with Gasteiger partial charge >= 0.3 is 6.61 Å². The number of anilines is 1. The lowest BCUT2D eigenvalue weighted by Gasteiger charge is -2.12. The molecule has 0 radical (unpaired) electrons. The van der Waals surface area contributed by atoms with Crippen molar-refractivity contribution in [2.24, 2.45) is 0 Å². The van der Waals surface area contributed by atoms with E-state index < -0.39 is 12.5 Å². The fourth-order valence-electron chi connectivity index (χ4n) is 2.86. The lowest BCUT2D eigenvalue weighted by Crippen LogP contribution is -2.16. The molecule has 2 aromatic carbocycles. The van der Waals surface area contributed by atoms with Crippen molar-refractivity contribution in [2.75, 3.05) is 19.5 Å². The Kier molecular flexibility index (Phi) is 6.45. The maximum absolute atomic E-state index is 12.9. The number of aromatic nitrogens is 3. The van der Waals surface area contributed by atoms with Gasteiger partial charge in [-0.05, 0) is 42.8 Å². The lowest BCUT2D eigenvalue weighted by molar-refractivity contribution is -0.0498. The number of nitrogens with zero attached hydrogens (tertiary/aromatic N) is 3. The highest BCUT2D eigenvalue weighted by molar-refractivity contribution is 6.04. The number of carbonyl (C=O) groups is 1. The molecule has 0 aliphatic rings. The first-order valence-corrected chi connectivity index (χ1v) is 9.00. The van der Waals surface area contributed by atoms with E-state index in [1.165, 1.54) is 31.0 Å². The second-order valence-electron chi connectivity index (χ2n) is 6.04. The predicted octanol–water partition coefficient (Wildman–Crippen LogP) is 3.70. The van der Waals surface area contributed by atoms with Gasteiger partial charge < -0.3 is 19.5 Å². The van der Waals surface area contributed by atoms with E-state index in [9.17, 15) is 13.6 Å². The van der Waals surface area contributed by atoms with Crippen LogP contribution in [0.5, 0.6) is 17.2 Å². The average Bonchev–Trinajstić information content (AvgIpc) is 3.18. The Morgan fingerprint density at radius 3 is 2.40 bits per heavy atom. The summed E-state index contributed by atoms with van der Waals surface area (Å²) in [6.45, 7) is -1.05. The topological polar surface area (TPSA) is 87.5 Å². The van der Waals surface area contributed by atoms with Crippen molar-refractivity contribution in [1.29, 1.82) is 0 Å². The smallest absolute Gasteiger partial charge is 0.387 e. The highest BCUT2D eigenvalue weighted by Crippen LogP contribution is 2.29. The molecular formula is C20H20F2N4O4. The van der Waals surface area contributed by atoms with Gasteiger partial charge in [0, 0.05) is 6.07 Å². The molecule has 158 valence electrons. The number of hydrogen-bond donors (Lipinski definition) is 1. The summed E-state index contributed by atoms with van der Waals surface area (Å²) in [6.07, 6.45) is 0.459. The van der Waals surface area contributed by atoms with Gasteiger partial charge in [-0.15, -0.1) is 5.10 Å². The molecule has 0 aliphatic heterocycles. The van der Waals surface area contributed by atoms with Crippen LogP contribution in [0, 0.1) is 0 Å². The Morgan fingerprint density at radius 1 is 1.10 bits per heavy atom. The summed E-state index contributed by atoms with van der Waals surface area (Å²) in [7, 11) is 3.01. The molecule has 3 aromatic rings. The zero-order valence-electron chi connectivity index (χ0n) is 16.6. The minimum Gasteiger partial charge on any atom is -0.497 e. The van der Waals surface area contributed by atoms with Gasteiger partial charge in [0.15, 0.2) is 5.69 Å². The molecule has 0 spiro atoms. The predicted molar refractivity (Wildman–Crippen MR) is 105 cm³/mol. The normalized spacial score (nSPS) is 10.7. The summed E-state index contributed by atoms with van der Waals surface area (Å²) in [4.78, 5) is 12.9.